The predicted molar refractivity (Wildman–Crippen MR) is 78.2 cm³/mol. The number of aromatic nitrogens is 4. The van der Waals surface area contributed by atoms with E-state index in [1.807, 2.05) is 0 Å². The maximum atomic E-state index is 12.8. The summed E-state index contributed by atoms with van der Waals surface area (Å²) >= 11 is 0. The van der Waals surface area contributed by atoms with Gasteiger partial charge in [-0.2, -0.15) is 5.10 Å². The normalized spacial score (nSPS) is 18.3. The molecule has 0 unspecified atom stereocenters. The molecule has 1 saturated heterocycles. The first-order chi connectivity index (χ1) is 11.3. The number of amides is 1. The van der Waals surface area contributed by atoms with E-state index in [4.69, 9.17) is 8.94 Å². The Balaban J connectivity index is 1.60. The van der Waals surface area contributed by atoms with Crippen molar-refractivity contribution in [3.05, 3.63) is 42.3 Å². The van der Waals surface area contributed by atoms with Gasteiger partial charge < -0.3 is 13.8 Å². The van der Waals surface area contributed by atoms with Crippen LogP contribution in [0.3, 0.4) is 0 Å². The molecule has 1 amide bonds. The van der Waals surface area contributed by atoms with Gasteiger partial charge in [0.25, 0.3) is 5.91 Å². The van der Waals surface area contributed by atoms with E-state index in [1.165, 1.54) is 6.33 Å². The van der Waals surface area contributed by atoms with Crippen LogP contribution in [-0.2, 0) is 0 Å². The van der Waals surface area contributed by atoms with Gasteiger partial charge in [0.2, 0.25) is 5.76 Å². The highest BCUT2D eigenvalue weighted by atomic mass is 16.5. The number of carbonyl (C=O) groups is 1. The zero-order valence-electron chi connectivity index (χ0n) is 12.3. The summed E-state index contributed by atoms with van der Waals surface area (Å²) in [5.74, 6) is 1.51. The van der Waals surface area contributed by atoms with Crippen LogP contribution in [-0.4, -0.2) is 37.7 Å². The third-order valence-electron chi connectivity index (χ3n) is 4.01. The molecule has 0 bridgehead atoms. The highest BCUT2D eigenvalue weighted by molar-refractivity contribution is 5.93. The summed E-state index contributed by atoms with van der Waals surface area (Å²) in [5.41, 5.74) is 0.266. The lowest BCUT2D eigenvalue weighted by atomic mass is 10.0. The SMILES string of the molecule is O=C(c1cc(-c2ccco2)on1)N1CCCC[C@@H]1c1ncn[nH]1. The average molecular weight is 313 g/mol. The van der Waals surface area contributed by atoms with Crippen molar-refractivity contribution in [1.29, 1.82) is 0 Å². The Hall–Kier alpha value is -2.90. The van der Waals surface area contributed by atoms with Gasteiger partial charge in [-0.1, -0.05) is 5.16 Å². The number of H-pyrrole nitrogens is 1. The molecule has 23 heavy (non-hydrogen) atoms. The molecule has 1 atom stereocenters. The van der Waals surface area contributed by atoms with Gasteiger partial charge in [0.1, 0.15) is 12.2 Å². The Kier molecular flexibility index (Phi) is 3.41. The molecule has 0 spiro atoms. The molecular formula is C15H15N5O3. The monoisotopic (exact) mass is 313 g/mol. The zero-order valence-corrected chi connectivity index (χ0v) is 12.3. The first kappa shape index (κ1) is 13.7. The number of nitrogens with zero attached hydrogens (tertiary/aromatic N) is 4. The molecule has 8 heteroatoms. The number of nitrogens with one attached hydrogen (secondary N) is 1. The van der Waals surface area contributed by atoms with Crippen LogP contribution in [0.1, 0.15) is 41.6 Å². The van der Waals surface area contributed by atoms with E-state index < -0.39 is 0 Å². The summed E-state index contributed by atoms with van der Waals surface area (Å²) in [6.45, 7) is 0.660. The lowest BCUT2D eigenvalue weighted by molar-refractivity contribution is 0.0590. The van der Waals surface area contributed by atoms with Crippen LogP contribution in [0, 0.1) is 0 Å². The molecule has 4 heterocycles. The summed E-state index contributed by atoms with van der Waals surface area (Å²) in [6.07, 6.45) is 5.86. The van der Waals surface area contributed by atoms with Crippen LogP contribution in [0.2, 0.25) is 0 Å². The van der Waals surface area contributed by atoms with Crippen molar-refractivity contribution in [2.45, 2.75) is 25.3 Å². The minimum absolute atomic E-state index is 0.109. The third kappa shape index (κ3) is 2.52. The topological polar surface area (TPSA) is 101 Å². The fourth-order valence-corrected chi connectivity index (χ4v) is 2.89. The minimum atomic E-state index is -0.173. The molecule has 0 aromatic carbocycles. The van der Waals surface area contributed by atoms with Crippen molar-refractivity contribution >= 4 is 5.91 Å². The summed E-state index contributed by atoms with van der Waals surface area (Å²) in [6, 6.07) is 5.01. The number of rotatable bonds is 3. The molecule has 8 nitrogen and oxygen atoms in total. The minimum Gasteiger partial charge on any atom is -0.461 e. The second kappa shape index (κ2) is 5.71. The van der Waals surface area contributed by atoms with Gasteiger partial charge in [0, 0.05) is 12.6 Å². The summed E-state index contributed by atoms with van der Waals surface area (Å²) < 4.78 is 10.5. The number of aromatic amines is 1. The first-order valence-corrected chi connectivity index (χ1v) is 7.50. The van der Waals surface area contributed by atoms with Crippen LogP contribution in [0.4, 0.5) is 0 Å². The van der Waals surface area contributed by atoms with Gasteiger partial charge in [-0.25, -0.2) is 4.98 Å². The van der Waals surface area contributed by atoms with Gasteiger partial charge in [0.15, 0.2) is 11.5 Å². The highest BCUT2D eigenvalue weighted by Crippen LogP contribution is 2.30. The Bertz CT molecular complexity index is 778. The second-order valence-electron chi connectivity index (χ2n) is 5.43. The zero-order chi connectivity index (χ0) is 15.6. The highest BCUT2D eigenvalue weighted by Gasteiger charge is 2.32. The Morgan fingerprint density at radius 1 is 1.35 bits per heavy atom. The summed E-state index contributed by atoms with van der Waals surface area (Å²) in [4.78, 5) is 18.8. The quantitative estimate of drug-likeness (QED) is 0.797. The van der Waals surface area contributed by atoms with E-state index in [0.29, 0.717) is 23.9 Å². The number of furan rings is 1. The number of piperidine rings is 1. The standard InChI is InChI=1S/C15H15N5O3/c21-15(10-8-13(23-19-10)12-5-3-7-22-12)20-6-2-1-4-11(20)14-16-9-17-18-14/h3,5,7-9,11H,1-2,4,6H2,(H,16,17,18)/t11-/m1/s1. The maximum absolute atomic E-state index is 12.8. The molecule has 118 valence electrons. The van der Waals surface area contributed by atoms with E-state index >= 15 is 0 Å². The summed E-state index contributed by atoms with van der Waals surface area (Å²) in [5, 5.41) is 10.6. The van der Waals surface area contributed by atoms with Gasteiger partial charge in [0.05, 0.1) is 12.3 Å². The van der Waals surface area contributed by atoms with Crippen LogP contribution in [0.25, 0.3) is 11.5 Å². The first-order valence-electron chi connectivity index (χ1n) is 7.50. The number of carbonyl (C=O) groups excluding carboxylic acids is 1. The van der Waals surface area contributed by atoms with E-state index in [0.717, 1.165) is 19.3 Å². The second-order valence-corrected chi connectivity index (χ2v) is 5.43. The maximum Gasteiger partial charge on any atom is 0.276 e. The Morgan fingerprint density at radius 2 is 2.30 bits per heavy atom. The number of hydrogen-bond donors (Lipinski definition) is 1. The molecule has 1 N–H and O–H groups in total. The van der Waals surface area contributed by atoms with Gasteiger partial charge in [-0.15, -0.1) is 0 Å². The fourth-order valence-electron chi connectivity index (χ4n) is 2.89. The van der Waals surface area contributed by atoms with Crippen LogP contribution >= 0.6 is 0 Å². The molecule has 0 aliphatic carbocycles. The lowest BCUT2D eigenvalue weighted by Gasteiger charge is -2.33. The van der Waals surface area contributed by atoms with Gasteiger partial charge in [-0.3, -0.25) is 9.89 Å². The van der Waals surface area contributed by atoms with Crippen LogP contribution in [0.15, 0.2) is 39.7 Å². The molecule has 1 fully saturated rings. The molecule has 0 saturated carbocycles. The fraction of sp³-hybridized carbons (Fsp3) is 0.333. The lowest BCUT2D eigenvalue weighted by Crippen LogP contribution is -2.39. The molecular weight excluding hydrogens is 298 g/mol. The molecule has 4 rings (SSSR count). The van der Waals surface area contributed by atoms with E-state index in [2.05, 4.69) is 20.3 Å². The van der Waals surface area contributed by atoms with E-state index in [-0.39, 0.29) is 17.6 Å². The molecule has 0 radical (unpaired) electrons. The Morgan fingerprint density at radius 3 is 3.09 bits per heavy atom. The van der Waals surface area contributed by atoms with Crippen molar-refractivity contribution < 1.29 is 13.7 Å². The molecule has 1 aliphatic rings. The molecule has 1 aliphatic heterocycles. The van der Waals surface area contributed by atoms with E-state index in [9.17, 15) is 4.79 Å². The van der Waals surface area contributed by atoms with Crippen molar-refractivity contribution in [2.24, 2.45) is 0 Å². The summed E-state index contributed by atoms with van der Waals surface area (Å²) in [7, 11) is 0. The van der Waals surface area contributed by atoms with Gasteiger partial charge >= 0.3 is 0 Å². The van der Waals surface area contributed by atoms with Gasteiger partial charge in [-0.05, 0) is 31.4 Å². The average Bonchev–Trinajstić information content (AvgIpc) is 3.35. The molecule has 3 aromatic heterocycles. The van der Waals surface area contributed by atoms with Crippen molar-refractivity contribution in [3.63, 3.8) is 0 Å². The van der Waals surface area contributed by atoms with Crippen molar-refractivity contribution in [2.75, 3.05) is 6.54 Å². The smallest absolute Gasteiger partial charge is 0.276 e. The number of likely N-dealkylation sites (tertiary alicyclic amines) is 1. The van der Waals surface area contributed by atoms with Crippen molar-refractivity contribution in [3.8, 4) is 11.5 Å². The van der Waals surface area contributed by atoms with Crippen LogP contribution in [0.5, 0.6) is 0 Å². The number of hydrogen-bond acceptors (Lipinski definition) is 6. The van der Waals surface area contributed by atoms with Crippen LogP contribution < -0.4 is 0 Å². The predicted octanol–water partition coefficient (Wildman–Crippen LogP) is 2.42. The molecule has 3 aromatic rings. The van der Waals surface area contributed by atoms with Crippen molar-refractivity contribution in [1.82, 2.24) is 25.2 Å². The largest absolute Gasteiger partial charge is 0.461 e. The van der Waals surface area contributed by atoms with E-state index in [1.54, 1.807) is 29.4 Å². The Labute approximate surface area is 131 Å². The third-order valence-corrected chi connectivity index (χ3v) is 4.01.